The van der Waals surface area contributed by atoms with Crippen molar-refractivity contribution in [1.29, 1.82) is 0 Å². The lowest BCUT2D eigenvalue weighted by molar-refractivity contribution is -0.144. The first kappa shape index (κ1) is 27.9. The van der Waals surface area contributed by atoms with Gasteiger partial charge in [-0.05, 0) is 22.1 Å². The normalized spacial score (nSPS) is 16.8. The van der Waals surface area contributed by atoms with Gasteiger partial charge in [0.2, 0.25) is 11.6 Å². The van der Waals surface area contributed by atoms with Crippen LogP contribution in [0.5, 0.6) is 0 Å². The third kappa shape index (κ3) is 7.63. The van der Waals surface area contributed by atoms with E-state index in [0.717, 1.165) is 0 Å². The summed E-state index contributed by atoms with van der Waals surface area (Å²) >= 11 is 0. The van der Waals surface area contributed by atoms with Crippen LogP contribution in [-0.4, -0.2) is 62.4 Å². The van der Waals surface area contributed by atoms with Crippen molar-refractivity contribution in [2.24, 2.45) is 11.8 Å². The Morgan fingerprint density at radius 1 is 0.867 bits per heavy atom. The van der Waals surface area contributed by atoms with E-state index < -0.39 is 67.5 Å². The zero-order chi connectivity index (χ0) is 23.6. The Hall–Kier alpha value is -2.08. The van der Waals surface area contributed by atoms with E-state index >= 15 is 0 Å². The molecule has 0 aliphatic carbocycles. The van der Waals surface area contributed by atoms with E-state index in [1.54, 1.807) is 20.8 Å². The molecule has 0 saturated carbocycles. The Kier molecular flexibility index (Phi) is 11.7. The monoisotopic (exact) mass is 466 g/mol. The molecule has 0 radical (unpaired) electrons. The Morgan fingerprint density at radius 2 is 1.33 bits per heavy atom. The number of carbonyl (C=O) groups is 6. The van der Waals surface area contributed by atoms with Gasteiger partial charge in [-0.1, -0.05) is 45.4 Å². The summed E-state index contributed by atoms with van der Waals surface area (Å²) in [5.41, 5.74) is 0. The van der Waals surface area contributed by atoms with Crippen LogP contribution in [0.15, 0.2) is 0 Å². The lowest BCUT2D eigenvalue weighted by Crippen LogP contribution is -2.47. The summed E-state index contributed by atoms with van der Waals surface area (Å²) in [6, 6.07) is -1.55. The van der Waals surface area contributed by atoms with Crippen LogP contribution in [0.2, 0.25) is 0 Å². The number of Topliss-reactive ketones (excluding diaryl/α,β-unsaturated/α-hetero) is 2. The number of nitrogens with one attached hydrogen (secondary N) is 2. The van der Waals surface area contributed by atoms with Crippen LogP contribution in [0.4, 0.5) is 4.79 Å². The van der Waals surface area contributed by atoms with Crippen LogP contribution in [0.3, 0.4) is 0 Å². The Bertz CT molecular complexity index is 700. The molecule has 0 aliphatic heterocycles. The molecule has 4 N–H and O–H groups in total. The average Bonchev–Trinajstić information content (AvgIpc) is 2.72. The zero-order valence-electron chi connectivity index (χ0n) is 17.7. The summed E-state index contributed by atoms with van der Waals surface area (Å²) in [5, 5.41) is 19.8. The summed E-state index contributed by atoms with van der Waals surface area (Å²) in [6.07, 6.45) is 0.801. The predicted molar refractivity (Wildman–Crippen MR) is 115 cm³/mol. The second-order valence-electron chi connectivity index (χ2n) is 6.66. The standard InChI is InChI=1S/C18H30N2O8S2/c1-6-10(4)13(21)15(23)19-12(17(25)26)9-29-30(8-3,18(27)28)20-16(24)14(22)11(5)7-2/h10-12H,6-9H2,1-5H3,(H,19,23)(H,20,24)(H,25,26)(H,27,28). The minimum Gasteiger partial charge on any atom is -0.480 e. The molecule has 30 heavy (non-hydrogen) atoms. The fraction of sp³-hybridized carbons (Fsp3) is 0.667. The molecular weight excluding hydrogens is 436 g/mol. The van der Waals surface area contributed by atoms with Crippen molar-refractivity contribution in [3.8, 4) is 0 Å². The van der Waals surface area contributed by atoms with Crippen LogP contribution in [-0.2, 0) is 24.0 Å². The quantitative estimate of drug-likeness (QED) is 0.248. The summed E-state index contributed by atoms with van der Waals surface area (Å²) in [5.74, 6) is -6.75. The largest absolute Gasteiger partial charge is 0.480 e. The highest BCUT2D eigenvalue weighted by Gasteiger charge is 2.38. The second kappa shape index (κ2) is 12.6. The SMILES string of the molecule is CCC(C)C(=O)C(=O)NC(CSS(CC)(NC(=O)C(=O)C(C)CC)C(=O)O)C(=O)O. The maximum Gasteiger partial charge on any atom is 0.373 e. The number of carboxylic acids is 1. The molecule has 0 bridgehead atoms. The molecule has 4 unspecified atom stereocenters. The van der Waals surface area contributed by atoms with Crippen LogP contribution in [0.1, 0.15) is 47.5 Å². The molecule has 4 atom stereocenters. The summed E-state index contributed by atoms with van der Waals surface area (Å²) < 4.78 is 2.28. The first-order chi connectivity index (χ1) is 13.9. The van der Waals surface area contributed by atoms with Crippen molar-refractivity contribution in [2.45, 2.75) is 53.5 Å². The number of amides is 2. The maximum atomic E-state index is 12.2. The molecule has 0 aliphatic rings. The molecule has 0 saturated heterocycles. The number of hydrogen-bond acceptors (Lipinski definition) is 7. The molecule has 10 nitrogen and oxygen atoms in total. The van der Waals surface area contributed by atoms with E-state index in [0.29, 0.717) is 23.6 Å². The molecule has 0 rings (SSSR count). The fourth-order valence-corrected chi connectivity index (χ4v) is 6.12. The van der Waals surface area contributed by atoms with Crippen LogP contribution in [0, 0.1) is 11.8 Å². The van der Waals surface area contributed by atoms with Crippen molar-refractivity contribution in [3.05, 3.63) is 0 Å². The maximum absolute atomic E-state index is 12.2. The lowest BCUT2D eigenvalue weighted by Gasteiger charge is -2.34. The Balaban J connectivity index is 5.45. The molecule has 0 fully saturated rings. The number of ketones is 2. The predicted octanol–water partition coefficient (Wildman–Crippen LogP) is 1.97. The van der Waals surface area contributed by atoms with Gasteiger partial charge in [0.25, 0.3) is 11.8 Å². The summed E-state index contributed by atoms with van der Waals surface area (Å²) in [4.78, 5) is 71.6. The first-order valence-corrected chi connectivity index (χ1v) is 12.8. The highest BCUT2D eigenvalue weighted by Crippen LogP contribution is 2.56. The minimum absolute atomic E-state index is 0.0708. The van der Waals surface area contributed by atoms with Gasteiger partial charge in [-0.2, -0.15) is 0 Å². The number of carbonyl (C=O) groups excluding carboxylic acids is 4. The van der Waals surface area contributed by atoms with Crippen LogP contribution < -0.4 is 10.0 Å². The minimum atomic E-state index is -3.03. The molecule has 0 aromatic heterocycles. The molecule has 0 spiro atoms. The molecule has 172 valence electrons. The van der Waals surface area contributed by atoms with E-state index in [2.05, 4.69) is 10.0 Å². The molecule has 0 aromatic carbocycles. The van der Waals surface area contributed by atoms with Crippen molar-refractivity contribution in [3.63, 3.8) is 0 Å². The van der Waals surface area contributed by atoms with Gasteiger partial charge < -0.3 is 15.5 Å². The van der Waals surface area contributed by atoms with Gasteiger partial charge in [-0.3, -0.25) is 23.9 Å². The van der Waals surface area contributed by atoms with E-state index in [1.165, 1.54) is 13.8 Å². The molecule has 2 amide bonds. The molecular formula is C18H30N2O8S2. The third-order valence-corrected chi connectivity index (χ3v) is 10.3. The van der Waals surface area contributed by atoms with E-state index in [9.17, 15) is 39.0 Å². The summed E-state index contributed by atoms with van der Waals surface area (Å²) in [6.45, 7) is 7.99. The van der Waals surface area contributed by atoms with Gasteiger partial charge in [0.1, 0.15) is 6.04 Å². The van der Waals surface area contributed by atoms with Crippen LogP contribution >= 0.6 is 20.0 Å². The smallest absolute Gasteiger partial charge is 0.373 e. The van der Waals surface area contributed by atoms with E-state index in [-0.39, 0.29) is 5.75 Å². The highest BCUT2D eigenvalue weighted by atomic mass is 33.2. The summed E-state index contributed by atoms with van der Waals surface area (Å²) in [7, 11) is -2.39. The zero-order valence-corrected chi connectivity index (χ0v) is 19.4. The number of carboxylic acid groups (broad SMARTS) is 2. The van der Waals surface area contributed by atoms with Gasteiger partial charge in [0, 0.05) is 23.3 Å². The second-order valence-corrected chi connectivity index (χ2v) is 12.1. The number of hydrogen-bond donors (Lipinski definition) is 4. The van der Waals surface area contributed by atoms with Crippen molar-refractivity contribution >= 4 is 54.7 Å². The highest BCUT2D eigenvalue weighted by molar-refractivity contribution is 8.99. The third-order valence-electron chi connectivity index (χ3n) is 4.55. The van der Waals surface area contributed by atoms with Crippen LogP contribution in [0.25, 0.3) is 0 Å². The van der Waals surface area contributed by atoms with Gasteiger partial charge in [0.15, 0.2) is 0 Å². The molecule has 0 aromatic rings. The van der Waals surface area contributed by atoms with Crippen molar-refractivity contribution in [1.82, 2.24) is 10.0 Å². The van der Waals surface area contributed by atoms with E-state index in [4.69, 9.17) is 0 Å². The average molecular weight is 467 g/mol. The van der Waals surface area contributed by atoms with Crippen molar-refractivity contribution < 1.29 is 39.0 Å². The first-order valence-electron chi connectivity index (χ1n) is 9.48. The lowest BCUT2D eigenvalue weighted by atomic mass is 10.0. The van der Waals surface area contributed by atoms with Gasteiger partial charge in [-0.15, -0.1) is 0 Å². The Labute approximate surface area is 180 Å². The number of rotatable bonds is 12. The van der Waals surface area contributed by atoms with Crippen molar-refractivity contribution in [2.75, 3.05) is 11.5 Å². The van der Waals surface area contributed by atoms with Gasteiger partial charge in [0.05, 0.1) is 0 Å². The number of aliphatic carboxylic acids is 1. The fourth-order valence-electron chi connectivity index (χ4n) is 2.01. The van der Waals surface area contributed by atoms with Gasteiger partial charge >= 0.3 is 11.3 Å². The Morgan fingerprint density at radius 3 is 1.70 bits per heavy atom. The van der Waals surface area contributed by atoms with E-state index in [1.807, 2.05) is 0 Å². The molecule has 12 heteroatoms. The topological polar surface area (TPSA) is 167 Å². The molecule has 0 heterocycles. The van der Waals surface area contributed by atoms with Gasteiger partial charge in [-0.25, -0.2) is 9.59 Å².